The van der Waals surface area contributed by atoms with Crippen LogP contribution >= 0.6 is 24.2 Å². The first kappa shape index (κ1) is 20.8. The number of nitrogens with zero attached hydrogens (tertiary/aromatic N) is 2. The number of piperidine rings is 1. The quantitative estimate of drug-likeness (QED) is 0.801. The number of nitrogens with one attached hydrogen (secondary N) is 1. The fourth-order valence-electron chi connectivity index (χ4n) is 3.45. The van der Waals surface area contributed by atoms with Crippen LogP contribution in [0.5, 0.6) is 0 Å². The van der Waals surface area contributed by atoms with Gasteiger partial charge in [-0.2, -0.15) is 0 Å². The van der Waals surface area contributed by atoms with Crippen molar-refractivity contribution in [2.24, 2.45) is 11.3 Å². The molecule has 0 aromatic rings. The summed E-state index contributed by atoms with van der Waals surface area (Å²) in [6.07, 6.45) is 4.82. The number of likely N-dealkylation sites (tertiary alicyclic amines) is 1. The molecular formula is C18H32ClN3O2S. The van der Waals surface area contributed by atoms with E-state index in [1.807, 2.05) is 25.7 Å². The molecule has 0 radical (unpaired) electrons. The molecule has 2 aliphatic heterocycles. The molecule has 1 unspecified atom stereocenters. The van der Waals surface area contributed by atoms with Crippen LogP contribution in [0.15, 0.2) is 0 Å². The van der Waals surface area contributed by atoms with Gasteiger partial charge in [-0.1, -0.05) is 20.8 Å². The SMILES string of the molecule is CC(C)(C)C(=O)N1CSCC1C(=O)N1CCC(NCC2CC2)CC1.Cl. The number of hydrogen-bond donors (Lipinski definition) is 1. The zero-order valence-corrected chi connectivity index (χ0v) is 17.3. The third-order valence-corrected chi connectivity index (χ3v) is 6.28. The number of carbonyl (C=O) groups is 2. The standard InChI is InChI=1S/C18H31N3O2S.ClH/c1-18(2,3)17(23)21-12-24-11-15(21)16(22)20-8-6-14(7-9-20)19-10-13-4-5-13;/h13-15,19H,4-12H2,1-3H3;1H. The third kappa shape index (κ3) is 5.27. The molecule has 2 amide bonds. The van der Waals surface area contributed by atoms with Crippen molar-refractivity contribution in [2.45, 2.75) is 58.5 Å². The average molecular weight is 390 g/mol. The van der Waals surface area contributed by atoms with Crippen LogP contribution in [-0.4, -0.2) is 65.0 Å². The molecular weight excluding hydrogens is 358 g/mol. The smallest absolute Gasteiger partial charge is 0.246 e. The topological polar surface area (TPSA) is 52.7 Å². The van der Waals surface area contributed by atoms with Crippen molar-refractivity contribution in [3.63, 3.8) is 0 Å². The van der Waals surface area contributed by atoms with Crippen molar-refractivity contribution in [2.75, 3.05) is 31.3 Å². The highest BCUT2D eigenvalue weighted by atomic mass is 35.5. The Balaban J connectivity index is 0.00000225. The van der Waals surface area contributed by atoms with Gasteiger partial charge < -0.3 is 15.1 Å². The second kappa shape index (κ2) is 8.49. The van der Waals surface area contributed by atoms with Gasteiger partial charge in [0.15, 0.2) is 0 Å². The van der Waals surface area contributed by atoms with Crippen molar-refractivity contribution in [1.29, 1.82) is 0 Å². The van der Waals surface area contributed by atoms with Crippen molar-refractivity contribution >= 4 is 36.0 Å². The van der Waals surface area contributed by atoms with E-state index in [1.54, 1.807) is 16.7 Å². The van der Waals surface area contributed by atoms with Crippen molar-refractivity contribution in [3.8, 4) is 0 Å². The summed E-state index contributed by atoms with van der Waals surface area (Å²) in [4.78, 5) is 29.3. The maximum Gasteiger partial charge on any atom is 0.246 e. The molecule has 2 heterocycles. The maximum absolute atomic E-state index is 12.9. The van der Waals surface area contributed by atoms with Crippen LogP contribution in [0.25, 0.3) is 0 Å². The van der Waals surface area contributed by atoms with Crippen LogP contribution in [0.4, 0.5) is 0 Å². The molecule has 0 aromatic heterocycles. The highest BCUT2D eigenvalue weighted by Crippen LogP contribution is 2.30. The Morgan fingerprint density at radius 3 is 2.32 bits per heavy atom. The zero-order chi connectivity index (χ0) is 17.3. The minimum Gasteiger partial charge on any atom is -0.341 e. The monoisotopic (exact) mass is 389 g/mol. The minimum absolute atomic E-state index is 0. The van der Waals surface area contributed by atoms with E-state index < -0.39 is 5.41 Å². The molecule has 25 heavy (non-hydrogen) atoms. The highest BCUT2D eigenvalue weighted by molar-refractivity contribution is 7.99. The molecule has 2 saturated heterocycles. The first-order chi connectivity index (χ1) is 11.4. The summed E-state index contributed by atoms with van der Waals surface area (Å²) < 4.78 is 0. The van der Waals surface area contributed by atoms with Gasteiger partial charge in [-0.05, 0) is 38.1 Å². The van der Waals surface area contributed by atoms with E-state index >= 15 is 0 Å². The van der Waals surface area contributed by atoms with Crippen LogP contribution in [0.1, 0.15) is 46.5 Å². The predicted molar refractivity (Wildman–Crippen MR) is 105 cm³/mol. The summed E-state index contributed by atoms with van der Waals surface area (Å²) in [5, 5.41) is 3.65. The van der Waals surface area contributed by atoms with Gasteiger partial charge in [-0.25, -0.2) is 0 Å². The molecule has 0 bridgehead atoms. The Kier molecular flexibility index (Phi) is 7.08. The Bertz CT molecular complexity index is 485. The molecule has 0 aromatic carbocycles. The summed E-state index contributed by atoms with van der Waals surface area (Å²) >= 11 is 1.69. The van der Waals surface area contributed by atoms with Crippen molar-refractivity contribution in [1.82, 2.24) is 15.1 Å². The molecule has 1 N–H and O–H groups in total. The van der Waals surface area contributed by atoms with Gasteiger partial charge >= 0.3 is 0 Å². The molecule has 144 valence electrons. The Morgan fingerprint density at radius 1 is 1.12 bits per heavy atom. The summed E-state index contributed by atoms with van der Waals surface area (Å²) in [6, 6.07) is 0.289. The number of rotatable bonds is 4. The molecule has 3 aliphatic rings. The number of thioether (sulfide) groups is 1. The number of amides is 2. The lowest BCUT2D eigenvalue weighted by Gasteiger charge is -2.36. The van der Waals surface area contributed by atoms with Crippen LogP contribution in [0.3, 0.4) is 0 Å². The van der Waals surface area contributed by atoms with Crippen LogP contribution in [-0.2, 0) is 9.59 Å². The lowest BCUT2D eigenvalue weighted by molar-refractivity contribution is -0.148. The molecule has 3 rings (SSSR count). The van der Waals surface area contributed by atoms with Gasteiger partial charge in [0.1, 0.15) is 6.04 Å². The van der Waals surface area contributed by atoms with E-state index in [-0.39, 0.29) is 30.3 Å². The van der Waals surface area contributed by atoms with Crippen LogP contribution < -0.4 is 5.32 Å². The average Bonchev–Trinajstić information content (AvgIpc) is 3.25. The van der Waals surface area contributed by atoms with E-state index in [9.17, 15) is 9.59 Å². The normalized spacial score (nSPS) is 25.0. The van der Waals surface area contributed by atoms with E-state index in [1.165, 1.54) is 12.8 Å². The van der Waals surface area contributed by atoms with Gasteiger partial charge in [-0.3, -0.25) is 9.59 Å². The Labute approximate surface area is 162 Å². The summed E-state index contributed by atoms with van der Waals surface area (Å²) in [7, 11) is 0. The van der Waals surface area contributed by atoms with Gasteiger partial charge in [0.25, 0.3) is 0 Å². The van der Waals surface area contributed by atoms with Crippen LogP contribution in [0, 0.1) is 11.3 Å². The fourth-order valence-corrected chi connectivity index (χ4v) is 4.59. The molecule has 1 saturated carbocycles. The van der Waals surface area contributed by atoms with Gasteiger partial charge in [-0.15, -0.1) is 24.2 Å². The van der Waals surface area contributed by atoms with Crippen molar-refractivity contribution in [3.05, 3.63) is 0 Å². The fraction of sp³-hybridized carbons (Fsp3) is 0.889. The van der Waals surface area contributed by atoms with E-state index in [4.69, 9.17) is 0 Å². The summed E-state index contributed by atoms with van der Waals surface area (Å²) in [5.74, 6) is 2.52. The first-order valence-corrected chi connectivity index (χ1v) is 10.4. The van der Waals surface area contributed by atoms with Crippen molar-refractivity contribution < 1.29 is 9.59 Å². The third-order valence-electron chi connectivity index (χ3n) is 5.27. The van der Waals surface area contributed by atoms with Gasteiger partial charge in [0, 0.05) is 30.3 Å². The molecule has 7 heteroatoms. The minimum atomic E-state index is -0.427. The largest absolute Gasteiger partial charge is 0.341 e. The highest BCUT2D eigenvalue weighted by Gasteiger charge is 2.41. The Hall–Kier alpha value is -0.460. The molecule has 1 atom stereocenters. The second-order valence-electron chi connectivity index (χ2n) is 8.49. The zero-order valence-electron chi connectivity index (χ0n) is 15.6. The number of hydrogen-bond acceptors (Lipinski definition) is 4. The van der Waals surface area contributed by atoms with E-state index in [2.05, 4.69) is 5.32 Å². The maximum atomic E-state index is 12.9. The number of halogens is 1. The predicted octanol–water partition coefficient (Wildman–Crippen LogP) is 2.35. The van der Waals surface area contributed by atoms with E-state index in [0.29, 0.717) is 11.9 Å². The first-order valence-electron chi connectivity index (χ1n) is 9.27. The Morgan fingerprint density at radius 2 is 1.76 bits per heavy atom. The number of carbonyl (C=O) groups excluding carboxylic acids is 2. The molecule has 5 nitrogen and oxygen atoms in total. The van der Waals surface area contributed by atoms with E-state index in [0.717, 1.165) is 44.1 Å². The molecule has 3 fully saturated rings. The van der Waals surface area contributed by atoms with Crippen LogP contribution in [0.2, 0.25) is 0 Å². The molecule has 0 spiro atoms. The lowest BCUT2D eigenvalue weighted by atomic mass is 9.94. The summed E-state index contributed by atoms with van der Waals surface area (Å²) in [5.41, 5.74) is -0.427. The summed E-state index contributed by atoms with van der Waals surface area (Å²) in [6.45, 7) is 8.57. The van der Waals surface area contributed by atoms with Gasteiger partial charge in [0.2, 0.25) is 11.8 Å². The lowest BCUT2D eigenvalue weighted by Crippen LogP contribution is -2.54. The molecule has 1 aliphatic carbocycles. The second-order valence-corrected chi connectivity index (χ2v) is 9.49. The van der Waals surface area contributed by atoms with Gasteiger partial charge in [0.05, 0.1) is 5.88 Å².